The third kappa shape index (κ3) is 3.41. The number of imide groups is 2. The van der Waals surface area contributed by atoms with Crippen molar-refractivity contribution in [1.29, 1.82) is 0 Å². The quantitative estimate of drug-likeness (QED) is 0.526. The van der Waals surface area contributed by atoms with Crippen LogP contribution in [0.2, 0.25) is 0 Å². The van der Waals surface area contributed by atoms with Crippen LogP contribution in [0.4, 0.5) is 10.5 Å². The molecule has 0 unspecified atom stereocenters. The van der Waals surface area contributed by atoms with Crippen LogP contribution in [0.5, 0.6) is 0 Å². The van der Waals surface area contributed by atoms with Crippen LogP contribution in [0, 0.1) is 5.41 Å². The molecule has 2 aromatic rings. The minimum absolute atomic E-state index is 0.0530. The number of oxazole rings is 1. The minimum Gasteiger partial charge on any atom is -0.449 e. The van der Waals surface area contributed by atoms with Crippen molar-refractivity contribution in [3.05, 3.63) is 47.7 Å². The van der Waals surface area contributed by atoms with Gasteiger partial charge in [0.1, 0.15) is 6.26 Å². The summed E-state index contributed by atoms with van der Waals surface area (Å²) >= 11 is 0. The third-order valence-corrected chi connectivity index (χ3v) is 6.68. The fourth-order valence-corrected chi connectivity index (χ4v) is 5.36. The number of nitrogens with one attached hydrogen (secondary N) is 2. The van der Waals surface area contributed by atoms with E-state index in [0.717, 1.165) is 5.69 Å². The fourth-order valence-electron chi connectivity index (χ4n) is 5.36. The van der Waals surface area contributed by atoms with Crippen molar-refractivity contribution in [2.75, 3.05) is 11.4 Å². The summed E-state index contributed by atoms with van der Waals surface area (Å²) in [5, 5.41) is 4.53. The number of amides is 4. The zero-order chi connectivity index (χ0) is 23.3. The third-order valence-electron chi connectivity index (χ3n) is 6.68. The maximum atomic E-state index is 13.2. The van der Waals surface area contributed by atoms with Gasteiger partial charge in [-0.1, -0.05) is 0 Å². The summed E-state index contributed by atoms with van der Waals surface area (Å²) in [4.78, 5) is 57.0. The van der Waals surface area contributed by atoms with E-state index in [9.17, 15) is 19.2 Å². The van der Waals surface area contributed by atoms with Gasteiger partial charge >= 0.3 is 6.03 Å². The first kappa shape index (κ1) is 21.3. The molecule has 4 heterocycles. The Kier molecular flexibility index (Phi) is 5.04. The van der Waals surface area contributed by atoms with E-state index in [4.69, 9.17) is 9.15 Å². The number of hydrogen-bond acceptors (Lipinski definition) is 8. The van der Waals surface area contributed by atoms with E-state index >= 15 is 0 Å². The summed E-state index contributed by atoms with van der Waals surface area (Å²) < 4.78 is 11.2. The van der Waals surface area contributed by atoms with Crippen LogP contribution in [0.1, 0.15) is 42.1 Å². The molecule has 10 nitrogen and oxygen atoms in total. The number of ether oxygens (including phenoxy) is 1. The van der Waals surface area contributed by atoms with Gasteiger partial charge in [0, 0.05) is 30.6 Å². The second-order valence-electron chi connectivity index (χ2n) is 8.83. The summed E-state index contributed by atoms with van der Waals surface area (Å²) in [6.07, 6.45) is 3.08. The monoisotopic (exact) mass is 452 g/mol. The van der Waals surface area contributed by atoms with Gasteiger partial charge in [0.2, 0.25) is 11.8 Å². The number of fused-ring (bicyclic) bond motifs is 4. The Labute approximate surface area is 189 Å². The van der Waals surface area contributed by atoms with E-state index < -0.39 is 35.4 Å². The van der Waals surface area contributed by atoms with E-state index in [1.807, 2.05) is 24.8 Å². The Morgan fingerprint density at radius 1 is 1.21 bits per heavy atom. The molecule has 2 saturated heterocycles. The number of Topliss-reactive ketones (excluding diaryl/α,β-unsaturated/α-hetero) is 1. The fraction of sp³-hybridized carbons (Fsp3) is 0.435. The van der Waals surface area contributed by atoms with E-state index in [1.54, 1.807) is 12.1 Å². The maximum absolute atomic E-state index is 13.2. The van der Waals surface area contributed by atoms with Crippen LogP contribution < -0.4 is 15.5 Å². The molecule has 2 N–H and O–H groups in total. The van der Waals surface area contributed by atoms with Crippen LogP contribution in [0.3, 0.4) is 0 Å². The van der Waals surface area contributed by atoms with Gasteiger partial charge in [-0.15, -0.1) is 0 Å². The predicted molar refractivity (Wildman–Crippen MR) is 115 cm³/mol. The number of carbonyl (C=O) groups is 4. The van der Waals surface area contributed by atoms with Crippen molar-refractivity contribution >= 4 is 29.3 Å². The maximum Gasteiger partial charge on any atom is 0.328 e. The molecule has 3 aliphatic heterocycles. The molecule has 2 fully saturated rings. The molecule has 3 aliphatic rings. The molecule has 172 valence electrons. The SMILES string of the molecule is C[C@@H]1CN2c3ccc(C(=O)CCc4ncco4)cc3CC3(C(=O)NC(=O)NC3=O)[C@H]2[C@H](C)O1. The van der Waals surface area contributed by atoms with Crippen LogP contribution in [-0.4, -0.2) is 53.4 Å². The summed E-state index contributed by atoms with van der Waals surface area (Å²) in [5.74, 6) is -0.909. The van der Waals surface area contributed by atoms with Gasteiger partial charge < -0.3 is 14.1 Å². The highest BCUT2D eigenvalue weighted by atomic mass is 16.5. The summed E-state index contributed by atoms with van der Waals surface area (Å²) in [6.45, 7) is 4.23. The standard InChI is InChI=1S/C23H24N4O6/c1-12-11-27-16-4-3-14(17(28)5-6-18-24-7-8-32-18)9-15(16)10-23(19(27)13(2)33-12)20(29)25-22(31)26-21(23)30/h3-4,7-9,12-13,19H,5-6,10-11H2,1-2H3,(H2,25,26,29,30,31)/t12-,13+,19-/m1/s1. The van der Waals surface area contributed by atoms with Crippen molar-refractivity contribution in [2.24, 2.45) is 5.41 Å². The van der Waals surface area contributed by atoms with E-state index in [2.05, 4.69) is 15.6 Å². The summed E-state index contributed by atoms with van der Waals surface area (Å²) in [6, 6.07) is 3.94. The lowest BCUT2D eigenvalue weighted by atomic mass is 9.66. The van der Waals surface area contributed by atoms with Gasteiger partial charge in [0.25, 0.3) is 0 Å². The second kappa shape index (κ2) is 7.80. The van der Waals surface area contributed by atoms with E-state index in [-0.39, 0.29) is 24.7 Å². The Morgan fingerprint density at radius 2 is 1.97 bits per heavy atom. The topological polar surface area (TPSA) is 131 Å². The Morgan fingerprint density at radius 3 is 2.67 bits per heavy atom. The lowest BCUT2D eigenvalue weighted by molar-refractivity contribution is -0.153. The molecule has 10 heteroatoms. The van der Waals surface area contributed by atoms with Gasteiger partial charge in [0.15, 0.2) is 17.1 Å². The second-order valence-corrected chi connectivity index (χ2v) is 8.83. The lowest BCUT2D eigenvalue weighted by Crippen LogP contribution is -2.75. The highest BCUT2D eigenvalue weighted by molar-refractivity contribution is 6.20. The Balaban J connectivity index is 1.53. The van der Waals surface area contributed by atoms with Crippen LogP contribution >= 0.6 is 0 Å². The molecule has 5 rings (SSSR count). The number of ketones is 1. The largest absolute Gasteiger partial charge is 0.449 e. The highest BCUT2D eigenvalue weighted by Gasteiger charge is 2.62. The number of rotatable bonds is 4. The molecular formula is C23H24N4O6. The average Bonchev–Trinajstić information content (AvgIpc) is 3.28. The zero-order valence-corrected chi connectivity index (χ0v) is 18.3. The summed E-state index contributed by atoms with van der Waals surface area (Å²) in [5.41, 5.74) is 0.486. The smallest absolute Gasteiger partial charge is 0.328 e. The van der Waals surface area contributed by atoms with Gasteiger partial charge in [0.05, 0.1) is 24.4 Å². The molecule has 3 atom stereocenters. The van der Waals surface area contributed by atoms with Crippen molar-refractivity contribution in [2.45, 2.75) is 51.4 Å². The van der Waals surface area contributed by atoms with Crippen molar-refractivity contribution in [3.63, 3.8) is 0 Å². The van der Waals surface area contributed by atoms with Crippen LogP contribution in [0.25, 0.3) is 0 Å². The number of barbiturate groups is 1. The number of hydrogen-bond donors (Lipinski definition) is 2. The minimum atomic E-state index is -1.56. The molecule has 4 amide bonds. The number of urea groups is 1. The van der Waals surface area contributed by atoms with Gasteiger partial charge in [-0.3, -0.25) is 25.0 Å². The molecule has 1 spiro atoms. The number of morpholine rings is 1. The average molecular weight is 452 g/mol. The number of nitrogens with zero attached hydrogens (tertiary/aromatic N) is 2. The van der Waals surface area contributed by atoms with Gasteiger partial charge in [-0.25, -0.2) is 9.78 Å². The van der Waals surface area contributed by atoms with Crippen molar-refractivity contribution in [3.8, 4) is 0 Å². The number of carbonyl (C=O) groups excluding carboxylic acids is 4. The normalized spacial score (nSPS) is 25.8. The van der Waals surface area contributed by atoms with Crippen molar-refractivity contribution in [1.82, 2.24) is 15.6 Å². The van der Waals surface area contributed by atoms with Gasteiger partial charge in [-0.2, -0.15) is 0 Å². The highest BCUT2D eigenvalue weighted by Crippen LogP contribution is 2.46. The van der Waals surface area contributed by atoms with E-state index in [1.165, 1.54) is 12.5 Å². The first-order valence-corrected chi connectivity index (χ1v) is 10.9. The molecule has 0 aliphatic carbocycles. The van der Waals surface area contributed by atoms with Gasteiger partial charge in [-0.05, 0) is 44.0 Å². The first-order valence-electron chi connectivity index (χ1n) is 10.9. The molecular weight excluding hydrogens is 428 g/mol. The molecule has 33 heavy (non-hydrogen) atoms. The Bertz CT molecular complexity index is 1120. The molecule has 0 saturated carbocycles. The van der Waals surface area contributed by atoms with Crippen LogP contribution in [-0.2, 0) is 27.2 Å². The van der Waals surface area contributed by atoms with Crippen molar-refractivity contribution < 1.29 is 28.3 Å². The molecule has 1 aromatic carbocycles. The molecule has 0 bridgehead atoms. The van der Waals surface area contributed by atoms with Crippen LogP contribution in [0.15, 0.2) is 35.1 Å². The number of aryl methyl sites for hydroxylation is 1. The zero-order valence-electron chi connectivity index (χ0n) is 18.3. The van der Waals surface area contributed by atoms with E-state index in [0.29, 0.717) is 30.0 Å². The molecule has 0 radical (unpaired) electrons. The number of aromatic nitrogens is 1. The predicted octanol–water partition coefficient (Wildman–Crippen LogP) is 1.38. The first-order chi connectivity index (χ1) is 15.8. The number of anilines is 1. The lowest BCUT2D eigenvalue weighted by Gasteiger charge is -2.55. The summed E-state index contributed by atoms with van der Waals surface area (Å²) in [7, 11) is 0. The molecule has 1 aromatic heterocycles. The Hall–Kier alpha value is -3.53. The number of benzene rings is 1.